The molecule has 0 saturated carbocycles. The van der Waals surface area contributed by atoms with Gasteiger partial charge in [-0.3, -0.25) is 19.1 Å². The van der Waals surface area contributed by atoms with E-state index in [9.17, 15) is 14.4 Å². The van der Waals surface area contributed by atoms with E-state index in [0.29, 0.717) is 38.9 Å². The van der Waals surface area contributed by atoms with E-state index in [-0.39, 0.29) is 31.3 Å². The fourth-order valence-electron chi connectivity index (χ4n) is 5.11. The molecular formula is C31H33ClN6O4Si. The van der Waals surface area contributed by atoms with Crippen LogP contribution in [0.5, 0.6) is 5.75 Å². The van der Waals surface area contributed by atoms with E-state index in [2.05, 4.69) is 20.8 Å². The minimum atomic E-state index is -2.69. The molecule has 0 bridgehead atoms. The Morgan fingerprint density at radius 3 is 2.47 bits per heavy atom. The quantitative estimate of drug-likeness (QED) is 0.195. The topological polar surface area (TPSA) is 131 Å². The summed E-state index contributed by atoms with van der Waals surface area (Å²) in [7, 11) is -1.09. The maximum atomic E-state index is 13.2. The first kappa shape index (κ1) is 30.1. The number of hydrogen-bond donors (Lipinski definition) is 3. The molecule has 2 heterocycles. The second kappa shape index (κ2) is 12.5. The molecule has 1 aliphatic heterocycles. The van der Waals surface area contributed by atoms with E-state index in [1.165, 1.54) is 0 Å². The Morgan fingerprint density at radius 1 is 1.02 bits per heavy atom. The number of carbonyl (C=O) groups excluding carboxylic acids is 2. The second-order valence-corrected chi connectivity index (χ2v) is 14.8. The van der Waals surface area contributed by atoms with Crippen LogP contribution in [0.2, 0.25) is 18.1 Å². The zero-order chi connectivity index (χ0) is 30.7. The third-order valence-corrected chi connectivity index (χ3v) is 9.20. The minimum Gasteiger partial charge on any atom is -0.497 e. The van der Waals surface area contributed by atoms with Crippen LogP contribution in [0.4, 0.5) is 0 Å². The predicted molar refractivity (Wildman–Crippen MR) is 168 cm³/mol. The van der Waals surface area contributed by atoms with Gasteiger partial charge in [0.2, 0.25) is 14.2 Å². The molecule has 0 saturated heterocycles. The summed E-state index contributed by atoms with van der Waals surface area (Å²) in [4.78, 5) is 41.6. The number of ether oxygens (including phenoxy) is 1. The molecule has 222 valence electrons. The molecule has 12 heteroatoms. The van der Waals surface area contributed by atoms with Crippen molar-refractivity contribution in [3.63, 3.8) is 0 Å². The van der Waals surface area contributed by atoms with Gasteiger partial charge in [-0.2, -0.15) is 0 Å². The Hall–Kier alpha value is -4.32. The van der Waals surface area contributed by atoms with Gasteiger partial charge in [0.15, 0.2) is 5.82 Å². The number of nitrogens with zero attached hydrogens (tertiary/aromatic N) is 4. The summed E-state index contributed by atoms with van der Waals surface area (Å²) in [6.45, 7) is 5.83. The van der Waals surface area contributed by atoms with Gasteiger partial charge >= 0.3 is 0 Å². The van der Waals surface area contributed by atoms with Gasteiger partial charge in [0.25, 0.3) is 5.91 Å². The normalized spacial score (nSPS) is 14.2. The highest BCUT2D eigenvalue weighted by Crippen LogP contribution is 2.34. The number of benzene rings is 3. The highest BCUT2D eigenvalue weighted by molar-refractivity contribution is 6.84. The lowest BCUT2D eigenvalue weighted by molar-refractivity contribution is -0.121. The summed E-state index contributed by atoms with van der Waals surface area (Å²) in [5, 5.41) is 15.7. The third-order valence-electron chi connectivity index (χ3n) is 7.19. The fourth-order valence-corrected chi connectivity index (χ4v) is 6.60. The summed E-state index contributed by atoms with van der Waals surface area (Å²) in [6, 6.07) is 19.5. The standard InChI is InChI=1S/C31H33ClN6O4Si/c1-19-36-37-30-25(18-28(39)33-15-16-34-31(40)23-7-5-6-8-27(23)43(3,4)41)35-29(20-9-11-21(32)12-10-20)24-17-22(42-2)13-14-26(24)38(19)30/h5-14,17,25,41H,15-16,18H2,1-4H3,(H,33,39)(H,34,40). The lowest BCUT2D eigenvalue weighted by Crippen LogP contribution is -2.46. The van der Waals surface area contributed by atoms with E-state index in [4.69, 9.17) is 21.3 Å². The van der Waals surface area contributed by atoms with Crippen LogP contribution in [-0.2, 0) is 4.79 Å². The summed E-state index contributed by atoms with van der Waals surface area (Å²) in [6.07, 6.45) is 0.0153. The molecule has 0 fully saturated rings. The fraction of sp³-hybridized carbons (Fsp3) is 0.258. The predicted octanol–water partition coefficient (Wildman–Crippen LogP) is 3.47. The van der Waals surface area contributed by atoms with E-state index >= 15 is 0 Å². The van der Waals surface area contributed by atoms with Crippen LogP contribution in [0.3, 0.4) is 0 Å². The first-order chi connectivity index (χ1) is 20.6. The van der Waals surface area contributed by atoms with Gasteiger partial charge in [0.1, 0.15) is 17.6 Å². The first-order valence-corrected chi connectivity index (χ1v) is 17.2. The van der Waals surface area contributed by atoms with Crippen molar-refractivity contribution >= 4 is 42.6 Å². The Bertz CT molecular complexity index is 1700. The van der Waals surface area contributed by atoms with E-state index in [0.717, 1.165) is 16.8 Å². The smallest absolute Gasteiger partial charge is 0.251 e. The van der Waals surface area contributed by atoms with Crippen LogP contribution in [0, 0.1) is 6.92 Å². The molecule has 0 aliphatic carbocycles. The Kier molecular flexibility index (Phi) is 8.76. The molecule has 2 amide bonds. The summed E-state index contributed by atoms with van der Waals surface area (Å²) in [5.41, 5.74) is 3.59. The van der Waals surface area contributed by atoms with Crippen molar-refractivity contribution in [1.82, 2.24) is 25.4 Å². The van der Waals surface area contributed by atoms with Gasteiger partial charge < -0.3 is 20.2 Å². The lowest BCUT2D eigenvalue weighted by Gasteiger charge is -2.18. The number of amides is 2. The van der Waals surface area contributed by atoms with Crippen molar-refractivity contribution in [1.29, 1.82) is 0 Å². The van der Waals surface area contributed by atoms with Crippen LogP contribution in [0.1, 0.15) is 45.6 Å². The van der Waals surface area contributed by atoms with Gasteiger partial charge in [0, 0.05) is 34.8 Å². The second-order valence-electron chi connectivity index (χ2n) is 10.7. The number of halogens is 1. The molecule has 3 N–H and O–H groups in total. The average Bonchev–Trinajstić information content (AvgIpc) is 3.31. The third kappa shape index (κ3) is 6.53. The molecule has 3 aromatic carbocycles. The largest absolute Gasteiger partial charge is 0.497 e. The zero-order valence-corrected chi connectivity index (χ0v) is 26.1. The monoisotopic (exact) mass is 616 g/mol. The maximum absolute atomic E-state index is 13.2. The van der Waals surface area contributed by atoms with Crippen molar-refractivity contribution < 1.29 is 19.1 Å². The zero-order valence-electron chi connectivity index (χ0n) is 24.4. The molecule has 0 spiro atoms. The van der Waals surface area contributed by atoms with Crippen LogP contribution >= 0.6 is 11.6 Å². The van der Waals surface area contributed by atoms with E-state index in [1.54, 1.807) is 50.5 Å². The molecule has 5 rings (SSSR count). The number of rotatable bonds is 9. The van der Waals surface area contributed by atoms with Gasteiger partial charge in [-0.05, 0) is 61.6 Å². The van der Waals surface area contributed by atoms with Crippen LogP contribution < -0.4 is 20.6 Å². The number of aliphatic imine (C=N–C) groups is 1. The lowest BCUT2D eigenvalue weighted by atomic mass is 10.00. The van der Waals surface area contributed by atoms with E-state index in [1.807, 2.05) is 47.9 Å². The average molecular weight is 617 g/mol. The van der Waals surface area contributed by atoms with Gasteiger partial charge in [-0.1, -0.05) is 41.9 Å². The highest BCUT2D eigenvalue weighted by Gasteiger charge is 2.30. The maximum Gasteiger partial charge on any atom is 0.251 e. The number of nitrogens with one attached hydrogen (secondary N) is 2. The van der Waals surface area contributed by atoms with Crippen molar-refractivity contribution in [2.45, 2.75) is 32.5 Å². The minimum absolute atomic E-state index is 0.0153. The first-order valence-electron chi connectivity index (χ1n) is 13.9. The van der Waals surface area contributed by atoms with Gasteiger partial charge in [0.05, 0.1) is 24.9 Å². The summed E-state index contributed by atoms with van der Waals surface area (Å²) >= 11 is 6.18. The number of carbonyl (C=O) groups is 2. The SMILES string of the molecule is COc1ccc2c(c1)C(c1ccc(Cl)cc1)=NC(CC(=O)NCCNC(=O)c1ccccc1[Si](C)(C)O)c1nnc(C)n1-2. The Balaban J connectivity index is 1.35. The van der Waals surface area contributed by atoms with Gasteiger partial charge in [-0.15, -0.1) is 10.2 Å². The number of fused-ring (bicyclic) bond motifs is 3. The summed E-state index contributed by atoms with van der Waals surface area (Å²) < 4.78 is 7.44. The highest BCUT2D eigenvalue weighted by atomic mass is 35.5. The van der Waals surface area contributed by atoms with Crippen molar-refractivity contribution in [3.8, 4) is 11.4 Å². The van der Waals surface area contributed by atoms with Crippen molar-refractivity contribution in [2.75, 3.05) is 20.2 Å². The van der Waals surface area contributed by atoms with Crippen molar-refractivity contribution in [3.05, 3.63) is 100 Å². The molecule has 4 aromatic rings. The number of methoxy groups -OCH3 is 1. The summed E-state index contributed by atoms with van der Waals surface area (Å²) in [5.74, 6) is 1.33. The molecule has 1 unspecified atom stereocenters. The molecule has 10 nitrogen and oxygen atoms in total. The molecule has 43 heavy (non-hydrogen) atoms. The van der Waals surface area contributed by atoms with E-state index < -0.39 is 14.4 Å². The Labute approximate surface area is 255 Å². The van der Waals surface area contributed by atoms with Gasteiger partial charge in [-0.25, -0.2) is 0 Å². The molecule has 1 atom stereocenters. The van der Waals surface area contributed by atoms with Crippen LogP contribution in [-0.4, -0.2) is 65.6 Å². The molecular weight excluding hydrogens is 584 g/mol. The Morgan fingerprint density at radius 2 is 1.74 bits per heavy atom. The van der Waals surface area contributed by atoms with Crippen molar-refractivity contribution in [2.24, 2.45) is 4.99 Å². The number of hydrogen-bond acceptors (Lipinski definition) is 7. The van der Waals surface area contributed by atoms with Crippen LogP contribution in [0.15, 0.2) is 71.7 Å². The molecule has 1 aromatic heterocycles. The molecule has 1 aliphatic rings. The molecule has 0 radical (unpaired) electrons. The van der Waals surface area contributed by atoms with Crippen LogP contribution in [0.25, 0.3) is 5.69 Å². The number of aromatic nitrogens is 3. The number of aryl methyl sites for hydroxylation is 1.